The Hall–Kier alpha value is -3.90. The van der Waals surface area contributed by atoms with E-state index in [1.807, 2.05) is 48.8 Å². The molecule has 6 nitrogen and oxygen atoms in total. The molecule has 2 aromatic carbocycles. The summed E-state index contributed by atoms with van der Waals surface area (Å²) in [6.45, 7) is 1.43. The summed E-state index contributed by atoms with van der Waals surface area (Å²) >= 11 is 0. The van der Waals surface area contributed by atoms with Gasteiger partial charge in [-0.25, -0.2) is 0 Å². The fourth-order valence-electron chi connectivity index (χ4n) is 4.36. The lowest BCUT2D eigenvalue weighted by Gasteiger charge is -2.05. The summed E-state index contributed by atoms with van der Waals surface area (Å²) < 4.78 is 2.20. The van der Waals surface area contributed by atoms with Gasteiger partial charge in [0.05, 0.1) is 5.69 Å². The molecule has 6 heteroatoms. The van der Waals surface area contributed by atoms with Crippen molar-refractivity contribution in [3.05, 3.63) is 72.8 Å². The highest BCUT2D eigenvalue weighted by atomic mass is 16.2. The molecule has 0 saturated carbocycles. The number of hydrogen-bond acceptors (Lipinski definition) is 3. The molecule has 5 rings (SSSR count). The average Bonchev–Trinajstić information content (AvgIpc) is 3.51. The van der Waals surface area contributed by atoms with E-state index in [0.29, 0.717) is 18.5 Å². The standard InChI is InChI=1S/C25H22N4O2/c26-10-5-11-29-14-20(17-7-2-4-9-22(17)29)19-13-28-25(23(31)15-30)24(19)18-12-27-21-8-3-1-6-16(18)21/h1-4,6-9,12-15,27-28H,5,10-11,26H2. The van der Waals surface area contributed by atoms with Gasteiger partial charge in [0.2, 0.25) is 5.78 Å². The number of nitrogens with one attached hydrogen (secondary N) is 2. The van der Waals surface area contributed by atoms with Crippen molar-refractivity contribution in [2.75, 3.05) is 6.54 Å². The second-order valence-corrected chi connectivity index (χ2v) is 7.58. The fraction of sp³-hybridized carbons (Fsp3) is 0.120. The van der Waals surface area contributed by atoms with Gasteiger partial charge in [0, 0.05) is 69.2 Å². The van der Waals surface area contributed by atoms with E-state index in [1.54, 1.807) is 0 Å². The smallest absolute Gasteiger partial charge is 0.242 e. The molecular formula is C25H22N4O2. The Labute approximate surface area is 178 Å². The van der Waals surface area contributed by atoms with Crippen LogP contribution in [0.4, 0.5) is 0 Å². The SMILES string of the molecule is NCCCn1cc(-c2c[nH]c(C(=O)C=O)c2-c2c[nH]c3ccccc23)c2ccccc21. The van der Waals surface area contributed by atoms with Crippen molar-refractivity contribution >= 4 is 33.9 Å². The third-order valence-electron chi connectivity index (χ3n) is 5.77. The van der Waals surface area contributed by atoms with Crippen molar-refractivity contribution in [3.63, 3.8) is 0 Å². The van der Waals surface area contributed by atoms with Crippen LogP contribution in [0, 0.1) is 0 Å². The number of nitrogens with two attached hydrogens (primary N) is 1. The molecule has 0 amide bonds. The number of hydrogen-bond donors (Lipinski definition) is 3. The van der Waals surface area contributed by atoms with E-state index in [9.17, 15) is 9.59 Å². The Balaban J connectivity index is 1.79. The van der Waals surface area contributed by atoms with E-state index in [2.05, 4.69) is 32.9 Å². The van der Waals surface area contributed by atoms with Crippen LogP contribution < -0.4 is 5.73 Å². The lowest BCUT2D eigenvalue weighted by molar-refractivity contribution is -0.104. The summed E-state index contributed by atoms with van der Waals surface area (Å²) in [5.74, 6) is -0.571. The van der Waals surface area contributed by atoms with Gasteiger partial charge in [0.1, 0.15) is 0 Å². The molecule has 0 bridgehead atoms. The van der Waals surface area contributed by atoms with Crippen LogP contribution in [0.25, 0.3) is 44.1 Å². The Bertz CT molecular complexity index is 1420. The van der Waals surface area contributed by atoms with E-state index in [0.717, 1.165) is 57.0 Å². The lowest BCUT2D eigenvalue weighted by atomic mass is 9.95. The van der Waals surface area contributed by atoms with Gasteiger partial charge in [-0.2, -0.15) is 0 Å². The molecule has 5 aromatic rings. The highest BCUT2D eigenvalue weighted by molar-refractivity contribution is 6.35. The number of carbonyl (C=O) groups excluding carboxylic acids is 2. The Kier molecular flexibility index (Phi) is 4.76. The first-order valence-electron chi connectivity index (χ1n) is 10.3. The number of aryl methyl sites for hydroxylation is 1. The van der Waals surface area contributed by atoms with E-state index in [4.69, 9.17) is 5.73 Å². The number of aromatic nitrogens is 3. The summed E-state index contributed by atoms with van der Waals surface area (Å²) in [5.41, 5.74) is 11.6. The molecule has 0 aliphatic carbocycles. The van der Waals surface area contributed by atoms with Crippen LogP contribution in [0.3, 0.4) is 0 Å². The molecule has 0 fully saturated rings. The number of aromatic amines is 2. The maximum atomic E-state index is 12.5. The first-order chi connectivity index (χ1) is 15.2. The predicted octanol–water partition coefficient (Wildman–Crippen LogP) is 4.52. The maximum Gasteiger partial charge on any atom is 0.242 e. The third-order valence-corrected chi connectivity index (χ3v) is 5.77. The first-order valence-corrected chi connectivity index (χ1v) is 10.3. The zero-order chi connectivity index (χ0) is 21.4. The van der Waals surface area contributed by atoms with Crippen LogP contribution in [0.2, 0.25) is 0 Å². The molecule has 4 N–H and O–H groups in total. The van der Waals surface area contributed by atoms with Crippen molar-refractivity contribution in [2.45, 2.75) is 13.0 Å². The normalized spacial score (nSPS) is 11.4. The average molecular weight is 410 g/mol. The van der Waals surface area contributed by atoms with Crippen molar-refractivity contribution in [1.82, 2.24) is 14.5 Å². The lowest BCUT2D eigenvalue weighted by Crippen LogP contribution is -2.04. The molecule has 0 aliphatic heterocycles. The first kappa shape index (κ1) is 19.1. The number of rotatable bonds is 7. The molecule has 154 valence electrons. The molecule has 0 unspecified atom stereocenters. The van der Waals surface area contributed by atoms with Crippen molar-refractivity contribution in [2.24, 2.45) is 5.73 Å². The van der Waals surface area contributed by atoms with Crippen LogP contribution in [-0.2, 0) is 11.3 Å². The number of aldehydes is 1. The summed E-state index contributed by atoms with van der Waals surface area (Å²) in [6, 6.07) is 16.1. The van der Waals surface area contributed by atoms with Gasteiger partial charge in [-0.15, -0.1) is 0 Å². The molecule has 0 aliphatic rings. The Morgan fingerprint density at radius 3 is 2.48 bits per heavy atom. The van der Waals surface area contributed by atoms with Crippen molar-refractivity contribution < 1.29 is 9.59 Å². The van der Waals surface area contributed by atoms with Crippen LogP contribution in [-0.4, -0.2) is 33.1 Å². The number of ketones is 1. The van der Waals surface area contributed by atoms with E-state index in [1.165, 1.54) is 0 Å². The minimum absolute atomic E-state index is 0.300. The van der Waals surface area contributed by atoms with Crippen molar-refractivity contribution in [1.29, 1.82) is 0 Å². The predicted molar refractivity (Wildman–Crippen MR) is 123 cm³/mol. The number of fused-ring (bicyclic) bond motifs is 2. The third kappa shape index (κ3) is 3.08. The largest absolute Gasteiger partial charge is 0.361 e. The monoisotopic (exact) mass is 410 g/mol. The molecule has 0 saturated heterocycles. The van der Waals surface area contributed by atoms with E-state index >= 15 is 0 Å². The summed E-state index contributed by atoms with van der Waals surface area (Å²) in [6.07, 6.45) is 7.06. The molecule has 3 aromatic heterocycles. The highest BCUT2D eigenvalue weighted by Gasteiger charge is 2.24. The Morgan fingerprint density at radius 2 is 1.68 bits per heavy atom. The number of para-hydroxylation sites is 2. The van der Waals surface area contributed by atoms with Gasteiger partial charge in [0.15, 0.2) is 6.29 Å². The minimum atomic E-state index is -0.571. The van der Waals surface area contributed by atoms with Gasteiger partial charge < -0.3 is 20.3 Å². The highest BCUT2D eigenvalue weighted by Crippen LogP contribution is 2.41. The number of H-pyrrole nitrogens is 2. The van der Waals surface area contributed by atoms with Crippen LogP contribution in [0.5, 0.6) is 0 Å². The van der Waals surface area contributed by atoms with Gasteiger partial charge in [-0.1, -0.05) is 36.4 Å². The zero-order valence-electron chi connectivity index (χ0n) is 16.9. The minimum Gasteiger partial charge on any atom is -0.361 e. The quantitative estimate of drug-likeness (QED) is 0.209. The Morgan fingerprint density at radius 1 is 0.935 bits per heavy atom. The van der Waals surface area contributed by atoms with Crippen LogP contribution >= 0.6 is 0 Å². The number of carbonyl (C=O) groups is 2. The van der Waals surface area contributed by atoms with Gasteiger partial charge in [0.25, 0.3) is 0 Å². The molecule has 31 heavy (non-hydrogen) atoms. The number of nitrogens with zero attached hydrogens (tertiary/aromatic N) is 1. The molecule has 0 atom stereocenters. The van der Waals surface area contributed by atoms with Gasteiger partial charge >= 0.3 is 0 Å². The molecule has 0 radical (unpaired) electrons. The van der Waals surface area contributed by atoms with Crippen LogP contribution in [0.1, 0.15) is 16.9 Å². The van der Waals surface area contributed by atoms with Gasteiger partial charge in [-0.3, -0.25) is 9.59 Å². The van der Waals surface area contributed by atoms with Crippen LogP contribution in [0.15, 0.2) is 67.1 Å². The summed E-state index contributed by atoms with van der Waals surface area (Å²) in [5, 5.41) is 2.08. The second kappa shape index (κ2) is 7.74. The number of benzene rings is 2. The summed E-state index contributed by atoms with van der Waals surface area (Å²) in [4.78, 5) is 30.2. The molecule has 3 heterocycles. The second-order valence-electron chi connectivity index (χ2n) is 7.58. The number of Topliss-reactive ketones (excluding diaryl/α,β-unsaturated/α-hetero) is 1. The summed E-state index contributed by atoms with van der Waals surface area (Å²) in [7, 11) is 0. The topological polar surface area (TPSA) is 96.7 Å². The maximum absolute atomic E-state index is 12.5. The van der Waals surface area contributed by atoms with E-state index < -0.39 is 5.78 Å². The molecule has 0 spiro atoms. The van der Waals surface area contributed by atoms with E-state index in [-0.39, 0.29) is 0 Å². The molecular weight excluding hydrogens is 388 g/mol. The van der Waals surface area contributed by atoms with Gasteiger partial charge in [-0.05, 0) is 25.1 Å². The fourth-order valence-corrected chi connectivity index (χ4v) is 4.36. The van der Waals surface area contributed by atoms with Crippen molar-refractivity contribution in [3.8, 4) is 22.3 Å². The zero-order valence-corrected chi connectivity index (χ0v) is 16.9.